The topological polar surface area (TPSA) is 150 Å². The van der Waals surface area contributed by atoms with Crippen LogP contribution >= 0.6 is 0 Å². The molecule has 0 aliphatic rings. The number of hydrogen-bond donors (Lipinski definition) is 1. The Morgan fingerprint density at radius 2 is 1.23 bits per heavy atom. The first-order valence-electron chi connectivity index (χ1n) is 7.53. The van der Waals surface area contributed by atoms with E-state index in [1.54, 1.807) is 0 Å². The van der Waals surface area contributed by atoms with E-state index in [1.807, 2.05) is 0 Å². The van der Waals surface area contributed by atoms with Crippen molar-refractivity contribution in [2.45, 2.75) is 18.2 Å². The van der Waals surface area contributed by atoms with Crippen molar-refractivity contribution >= 4 is 11.9 Å². The molecule has 1 N–H and O–H groups in total. The van der Waals surface area contributed by atoms with Gasteiger partial charge in [0.1, 0.15) is 31.4 Å². The molecule has 0 saturated heterocycles. The van der Waals surface area contributed by atoms with Crippen LogP contribution in [0.4, 0.5) is 0 Å². The second kappa shape index (κ2) is 14.8. The van der Waals surface area contributed by atoms with E-state index in [-0.39, 0.29) is 39.6 Å². The van der Waals surface area contributed by atoms with Crippen LogP contribution < -0.4 is 0 Å². The van der Waals surface area contributed by atoms with Gasteiger partial charge in [-0.3, -0.25) is 0 Å². The van der Waals surface area contributed by atoms with Crippen molar-refractivity contribution < 1.29 is 33.6 Å². The third kappa shape index (κ3) is 11.9. The molecule has 0 spiro atoms. The van der Waals surface area contributed by atoms with Gasteiger partial charge in [0.25, 0.3) is 0 Å². The number of aliphatic hydroxyl groups excluding tert-OH is 1. The van der Waals surface area contributed by atoms with E-state index in [0.717, 1.165) is 12.2 Å². The zero-order valence-electron chi connectivity index (χ0n) is 14.2. The van der Waals surface area contributed by atoms with Crippen LogP contribution in [-0.2, 0) is 28.5 Å². The molecule has 0 rings (SSSR count). The summed E-state index contributed by atoms with van der Waals surface area (Å²) in [6.07, 6.45) is 0.825. The summed E-state index contributed by atoms with van der Waals surface area (Å²) < 4.78 is 19.5. The smallest absolute Gasteiger partial charge is 0.330 e. The Labute approximate surface area is 149 Å². The van der Waals surface area contributed by atoms with Crippen LogP contribution in [0.15, 0.2) is 35.7 Å². The first kappa shape index (κ1) is 23.5. The molecule has 0 aliphatic carbocycles. The minimum Gasteiger partial charge on any atom is -0.460 e. The molecule has 0 aliphatic heterocycles. The second-order valence-electron chi connectivity index (χ2n) is 4.92. The molecule has 0 amide bonds. The number of rotatable bonds is 16. The SMILES string of the molecule is C=CC(=O)OCC(O)COCC(COCC(COC(=O)C=C)N=O)N=O. The number of nitroso groups, excluding NO2 is 2. The number of hydrogen-bond acceptors (Lipinski definition) is 11. The maximum absolute atomic E-state index is 10.9. The summed E-state index contributed by atoms with van der Waals surface area (Å²) in [5.41, 5.74) is 0. The van der Waals surface area contributed by atoms with Crippen molar-refractivity contribution in [3.63, 3.8) is 0 Å². The van der Waals surface area contributed by atoms with E-state index < -0.39 is 30.1 Å². The lowest BCUT2D eigenvalue weighted by Gasteiger charge is -2.14. The first-order chi connectivity index (χ1) is 12.5. The van der Waals surface area contributed by atoms with Crippen LogP contribution in [-0.4, -0.2) is 74.9 Å². The van der Waals surface area contributed by atoms with E-state index in [2.05, 4.69) is 33.0 Å². The van der Waals surface area contributed by atoms with Crippen LogP contribution in [0.25, 0.3) is 0 Å². The molecule has 0 saturated carbocycles. The molecule has 0 fully saturated rings. The van der Waals surface area contributed by atoms with Gasteiger partial charge in [-0.05, 0) is 0 Å². The van der Waals surface area contributed by atoms with Gasteiger partial charge in [0, 0.05) is 12.2 Å². The number of ether oxygens (including phenoxy) is 4. The third-order valence-electron chi connectivity index (χ3n) is 2.71. The highest BCUT2D eigenvalue weighted by atomic mass is 16.6. The average molecular weight is 374 g/mol. The van der Waals surface area contributed by atoms with Gasteiger partial charge in [-0.25, -0.2) is 9.59 Å². The van der Waals surface area contributed by atoms with Crippen molar-refractivity contribution in [1.29, 1.82) is 0 Å². The Kier molecular flexibility index (Phi) is 13.4. The number of carbonyl (C=O) groups is 2. The lowest BCUT2D eigenvalue weighted by Crippen LogP contribution is -2.28. The van der Waals surface area contributed by atoms with Gasteiger partial charge in [0.15, 0.2) is 0 Å². The van der Waals surface area contributed by atoms with Gasteiger partial charge in [-0.2, -0.15) is 9.81 Å². The minimum absolute atomic E-state index is 0.152. The summed E-state index contributed by atoms with van der Waals surface area (Å²) in [5.74, 6) is -1.38. The summed E-state index contributed by atoms with van der Waals surface area (Å²) in [7, 11) is 0. The zero-order valence-corrected chi connectivity index (χ0v) is 14.2. The highest BCUT2D eigenvalue weighted by molar-refractivity contribution is 5.81. The first-order valence-corrected chi connectivity index (χ1v) is 7.53. The Bertz CT molecular complexity index is 484. The molecule has 0 aromatic carbocycles. The quantitative estimate of drug-likeness (QED) is 0.225. The van der Waals surface area contributed by atoms with Gasteiger partial charge in [0.2, 0.25) is 0 Å². The van der Waals surface area contributed by atoms with E-state index >= 15 is 0 Å². The summed E-state index contributed by atoms with van der Waals surface area (Å²) >= 11 is 0. The van der Waals surface area contributed by atoms with Gasteiger partial charge in [-0.15, -0.1) is 0 Å². The average Bonchev–Trinajstić information content (AvgIpc) is 2.66. The summed E-state index contributed by atoms with van der Waals surface area (Å²) in [6, 6.07) is -1.82. The van der Waals surface area contributed by atoms with Crippen LogP contribution in [0, 0.1) is 9.81 Å². The molecule has 0 bridgehead atoms. The molecule has 3 atom stereocenters. The lowest BCUT2D eigenvalue weighted by molar-refractivity contribution is -0.142. The van der Waals surface area contributed by atoms with Crippen molar-refractivity contribution in [2.24, 2.45) is 10.4 Å². The monoisotopic (exact) mass is 374 g/mol. The van der Waals surface area contributed by atoms with E-state index in [4.69, 9.17) is 9.47 Å². The maximum Gasteiger partial charge on any atom is 0.330 e. The fraction of sp³-hybridized carbons (Fsp3) is 0.600. The molecule has 0 aromatic rings. The maximum atomic E-state index is 10.9. The van der Waals surface area contributed by atoms with E-state index in [9.17, 15) is 24.5 Å². The number of aliphatic hydroxyl groups is 1. The van der Waals surface area contributed by atoms with E-state index in [1.165, 1.54) is 0 Å². The summed E-state index contributed by atoms with van der Waals surface area (Å²) in [6.45, 7) is 5.17. The Hall–Kier alpha value is -2.50. The molecular formula is C15H22N2O9. The highest BCUT2D eigenvalue weighted by Crippen LogP contribution is 2.00. The normalized spacial score (nSPS) is 13.7. The number of esters is 2. The number of carbonyl (C=O) groups excluding carboxylic acids is 2. The summed E-state index contributed by atoms with van der Waals surface area (Å²) in [4.78, 5) is 43.0. The predicted molar refractivity (Wildman–Crippen MR) is 89.1 cm³/mol. The van der Waals surface area contributed by atoms with Gasteiger partial charge in [-0.1, -0.05) is 23.5 Å². The van der Waals surface area contributed by atoms with Gasteiger partial charge >= 0.3 is 11.9 Å². The van der Waals surface area contributed by atoms with Gasteiger partial charge < -0.3 is 24.1 Å². The Morgan fingerprint density at radius 1 is 0.808 bits per heavy atom. The highest BCUT2D eigenvalue weighted by Gasteiger charge is 2.16. The molecule has 3 unspecified atom stereocenters. The van der Waals surface area contributed by atoms with E-state index in [0.29, 0.717) is 0 Å². The van der Waals surface area contributed by atoms with Crippen LogP contribution in [0.5, 0.6) is 0 Å². The van der Waals surface area contributed by atoms with Gasteiger partial charge in [0.05, 0.1) is 26.4 Å². The molecule has 26 heavy (non-hydrogen) atoms. The fourth-order valence-electron chi connectivity index (χ4n) is 1.42. The van der Waals surface area contributed by atoms with Crippen molar-refractivity contribution in [3.05, 3.63) is 35.1 Å². The number of nitrogens with zero attached hydrogens (tertiary/aromatic N) is 2. The molecule has 0 aromatic heterocycles. The van der Waals surface area contributed by atoms with Crippen molar-refractivity contribution in [3.8, 4) is 0 Å². The van der Waals surface area contributed by atoms with Crippen LogP contribution in [0.2, 0.25) is 0 Å². The molecule has 11 heteroatoms. The zero-order chi connectivity index (χ0) is 19.8. The molecule has 0 radical (unpaired) electrons. The Morgan fingerprint density at radius 3 is 1.69 bits per heavy atom. The molecule has 0 heterocycles. The minimum atomic E-state index is -1.07. The van der Waals surface area contributed by atoms with Crippen molar-refractivity contribution in [1.82, 2.24) is 0 Å². The molecule has 146 valence electrons. The molecular weight excluding hydrogens is 352 g/mol. The third-order valence-corrected chi connectivity index (χ3v) is 2.71. The molecule has 11 nitrogen and oxygen atoms in total. The van der Waals surface area contributed by atoms with Crippen molar-refractivity contribution in [2.75, 3.05) is 39.6 Å². The second-order valence-corrected chi connectivity index (χ2v) is 4.92. The van der Waals surface area contributed by atoms with Crippen LogP contribution in [0.3, 0.4) is 0 Å². The Balaban J connectivity index is 3.96. The fourth-order valence-corrected chi connectivity index (χ4v) is 1.42. The largest absolute Gasteiger partial charge is 0.460 e. The van der Waals surface area contributed by atoms with Crippen LogP contribution in [0.1, 0.15) is 0 Å². The predicted octanol–water partition coefficient (Wildman–Crippen LogP) is 0.109. The standard InChI is InChI=1S/C15H22N2O9/c1-3-14(19)25-8-12(17-22)7-23-5-11(16-21)6-24-9-13(18)10-26-15(20)4-2/h3-4,11-13,18H,1-2,5-10H2. The lowest BCUT2D eigenvalue weighted by atomic mass is 10.3. The summed E-state index contributed by atoms with van der Waals surface area (Å²) in [5, 5.41) is 15.0.